The van der Waals surface area contributed by atoms with Gasteiger partial charge < -0.3 is 21.5 Å². The van der Waals surface area contributed by atoms with Crippen LogP contribution in [0.4, 0.5) is 0 Å². The predicted molar refractivity (Wildman–Crippen MR) is 74.2 cm³/mol. The van der Waals surface area contributed by atoms with E-state index in [-0.39, 0.29) is 0 Å². The minimum atomic E-state index is -1.30. The van der Waals surface area contributed by atoms with Gasteiger partial charge in [-0.15, -0.1) is 0 Å². The van der Waals surface area contributed by atoms with Gasteiger partial charge in [-0.05, 0) is 17.5 Å². The Hall–Kier alpha value is -2.41. The van der Waals surface area contributed by atoms with Gasteiger partial charge in [0.15, 0.2) is 0 Å². The van der Waals surface area contributed by atoms with Crippen molar-refractivity contribution in [3.05, 3.63) is 35.4 Å². The van der Waals surface area contributed by atoms with Gasteiger partial charge in [0.25, 0.3) is 0 Å². The summed E-state index contributed by atoms with van der Waals surface area (Å²) >= 11 is 0. The predicted octanol–water partition coefficient (Wildman–Crippen LogP) is -0.854. The van der Waals surface area contributed by atoms with E-state index in [1.165, 1.54) is 0 Å². The van der Waals surface area contributed by atoms with E-state index >= 15 is 0 Å². The van der Waals surface area contributed by atoms with Crippen LogP contribution in [-0.2, 0) is 27.3 Å². The highest BCUT2D eigenvalue weighted by Crippen LogP contribution is 2.16. The molecule has 0 aromatic heterocycles. The summed E-state index contributed by atoms with van der Waals surface area (Å²) < 4.78 is 0. The van der Waals surface area contributed by atoms with Crippen LogP contribution in [0.3, 0.4) is 0 Å². The highest BCUT2D eigenvalue weighted by atomic mass is 16.4. The van der Waals surface area contributed by atoms with Gasteiger partial charge in [0, 0.05) is 6.54 Å². The fraction of sp³-hybridized carbons (Fsp3) is 0.357. The zero-order valence-corrected chi connectivity index (χ0v) is 11.3. The Morgan fingerprint density at radius 2 is 2.00 bits per heavy atom. The molecule has 1 aromatic rings. The molecule has 1 unspecified atom stereocenters. The number of carboxylic acid groups (broad SMARTS) is 1. The molecule has 2 rings (SSSR count). The van der Waals surface area contributed by atoms with E-state index in [4.69, 9.17) is 10.8 Å². The summed E-state index contributed by atoms with van der Waals surface area (Å²) in [5, 5.41) is 14.4. The summed E-state index contributed by atoms with van der Waals surface area (Å²) in [5.41, 5.74) is 7.15. The third kappa shape index (κ3) is 3.79. The van der Waals surface area contributed by atoms with Crippen molar-refractivity contribution in [1.82, 2.24) is 10.6 Å². The van der Waals surface area contributed by atoms with Crippen molar-refractivity contribution in [3.63, 3.8) is 0 Å². The molecular weight excluding hydrogens is 274 g/mol. The first kappa shape index (κ1) is 15.0. The molecule has 1 aliphatic rings. The average molecular weight is 291 g/mol. The van der Waals surface area contributed by atoms with Crippen LogP contribution in [0.1, 0.15) is 17.5 Å². The lowest BCUT2D eigenvalue weighted by molar-refractivity contribution is -0.143. The minimum Gasteiger partial charge on any atom is -0.480 e. The fourth-order valence-electron chi connectivity index (χ4n) is 2.31. The van der Waals surface area contributed by atoms with Crippen LogP contribution in [0, 0.1) is 0 Å². The van der Waals surface area contributed by atoms with Crippen LogP contribution in [-0.4, -0.2) is 35.0 Å². The van der Waals surface area contributed by atoms with Crippen LogP contribution in [0.2, 0.25) is 0 Å². The van der Waals surface area contributed by atoms with E-state index in [9.17, 15) is 14.4 Å². The van der Waals surface area contributed by atoms with Crippen LogP contribution in [0.15, 0.2) is 24.3 Å². The maximum absolute atomic E-state index is 12.1. The Bertz CT molecular complexity index is 573. The molecule has 7 nitrogen and oxygen atoms in total. The molecule has 2 amide bonds. The number of carbonyl (C=O) groups excluding carboxylic acids is 2. The lowest BCUT2D eigenvalue weighted by Gasteiger charge is -2.26. The smallest absolute Gasteiger partial charge is 0.326 e. The second kappa shape index (κ2) is 6.36. The number of nitrogens with one attached hydrogen (secondary N) is 2. The fourth-order valence-corrected chi connectivity index (χ4v) is 2.31. The third-order valence-electron chi connectivity index (χ3n) is 3.42. The molecule has 7 heteroatoms. The highest BCUT2D eigenvalue weighted by Gasteiger charge is 2.28. The second-order valence-corrected chi connectivity index (χ2v) is 4.98. The zero-order chi connectivity index (χ0) is 15.4. The van der Waals surface area contributed by atoms with Crippen molar-refractivity contribution in [2.24, 2.45) is 5.73 Å². The van der Waals surface area contributed by atoms with Gasteiger partial charge >= 0.3 is 5.97 Å². The van der Waals surface area contributed by atoms with Gasteiger partial charge in [-0.25, -0.2) is 4.79 Å². The van der Waals surface area contributed by atoms with E-state index in [1.54, 1.807) is 0 Å². The Labute approximate surface area is 121 Å². The molecular formula is C14H17N3O4. The molecule has 1 heterocycles. The molecule has 0 aliphatic carbocycles. The summed E-state index contributed by atoms with van der Waals surface area (Å²) in [6.07, 6.45) is 0.0509. The molecule has 112 valence electrons. The first-order valence-corrected chi connectivity index (χ1v) is 6.59. The molecule has 21 heavy (non-hydrogen) atoms. The maximum Gasteiger partial charge on any atom is 0.326 e. The maximum atomic E-state index is 12.1. The molecule has 0 fully saturated rings. The van der Waals surface area contributed by atoms with Gasteiger partial charge in [0.05, 0.1) is 12.5 Å². The number of carbonyl (C=O) groups is 3. The third-order valence-corrected chi connectivity index (χ3v) is 3.42. The average Bonchev–Trinajstić information content (AvgIpc) is 2.45. The van der Waals surface area contributed by atoms with Gasteiger partial charge in [-0.1, -0.05) is 24.3 Å². The van der Waals surface area contributed by atoms with E-state index in [0.29, 0.717) is 13.0 Å². The summed E-state index contributed by atoms with van der Waals surface area (Å²) in [4.78, 5) is 34.0. The quantitative estimate of drug-likeness (QED) is 0.563. The number of fused-ring (bicyclic) bond motifs is 1. The van der Waals surface area contributed by atoms with E-state index < -0.39 is 36.3 Å². The molecule has 0 radical (unpaired) electrons. The van der Waals surface area contributed by atoms with Gasteiger partial charge in [0.2, 0.25) is 11.8 Å². The van der Waals surface area contributed by atoms with Crippen molar-refractivity contribution >= 4 is 17.8 Å². The monoisotopic (exact) mass is 291 g/mol. The van der Waals surface area contributed by atoms with Gasteiger partial charge in [0.1, 0.15) is 6.04 Å². The number of hydrogen-bond acceptors (Lipinski definition) is 4. The lowest BCUT2D eigenvalue weighted by atomic mass is 9.95. The van der Waals surface area contributed by atoms with Crippen LogP contribution in [0.5, 0.6) is 0 Å². The standard InChI is InChI=1S/C14H17N3O4/c15-12(18)6-11(14(20)21)17-13(19)10-5-8-3-1-2-4-9(8)7-16-10/h1-4,10-11,16H,5-7H2,(H2,15,18)(H,17,19)(H,20,21)/t10-,11?/m1/s1. The molecule has 0 bridgehead atoms. The molecule has 0 saturated heterocycles. The number of nitrogens with two attached hydrogens (primary N) is 1. The van der Waals surface area contributed by atoms with E-state index in [1.807, 2.05) is 24.3 Å². The SMILES string of the molecule is NC(=O)CC(NC(=O)[C@H]1Cc2ccccc2CN1)C(=O)O. The van der Waals surface area contributed by atoms with E-state index in [2.05, 4.69) is 10.6 Å². The minimum absolute atomic E-state index is 0.426. The Morgan fingerprint density at radius 3 is 2.62 bits per heavy atom. The molecule has 5 N–H and O–H groups in total. The largest absolute Gasteiger partial charge is 0.480 e. The number of aliphatic carboxylic acids is 1. The number of primary amides is 1. The highest BCUT2D eigenvalue weighted by molar-refractivity contribution is 5.90. The Morgan fingerprint density at radius 1 is 1.33 bits per heavy atom. The summed E-state index contributed by atoms with van der Waals surface area (Å²) in [6.45, 7) is 0.543. The first-order valence-electron chi connectivity index (χ1n) is 6.59. The second-order valence-electron chi connectivity index (χ2n) is 4.98. The van der Waals surface area contributed by atoms with E-state index in [0.717, 1.165) is 11.1 Å². The summed E-state index contributed by atoms with van der Waals surface area (Å²) in [6, 6.07) is 5.92. The zero-order valence-electron chi connectivity index (χ0n) is 11.3. The van der Waals surface area contributed by atoms with Crippen molar-refractivity contribution in [2.75, 3.05) is 0 Å². The molecule has 0 spiro atoms. The Balaban J connectivity index is 2.01. The van der Waals surface area contributed by atoms with Crippen LogP contribution >= 0.6 is 0 Å². The van der Waals surface area contributed by atoms with Crippen molar-refractivity contribution in [1.29, 1.82) is 0 Å². The Kier molecular flexibility index (Phi) is 4.54. The van der Waals surface area contributed by atoms with Gasteiger partial charge in [-0.2, -0.15) is 0 Å². The molecule has 1 aromatic carbocycles. The summed E-state index contributed by atoms with van der Waals surface area (Å²) in [7, 11) is 0. The van der Waals surface area contributed by atoms with Gasteiger partial charge in [-0.3, -0.25) is 9.59 Å². The number of hydrogen-bond donors (Lipinski definition) is 4. The van der Waals surface area contributed by atoms with Crippen LogP contribution < -0.4 is 16.4 Å². The first-order chi connectivity index (χ1) is 9.97. The molecule has 1 aliphatic heterocycles. The number of carboxylic acids is 1. The number of amides is 2. The molecule has 2 atom stereocenters. The topological polar surface area (TPSA) is 122 Å². The number of rotatable bonds is 5. The summed E-state index contributed by atoms with van der Waals surface area (Å²) in [5.74, 6) is -2.50. The van der Waals surface area contributed by atoms with Crippen molar-refractivity contribution in [3.8, 4) is 0 Å². The van der Waals surface area contributed by atoms with Crippen molar-refractivity contribution in [2.45, 2.75) is 31.5 Å². The lowest BCUT2D eigenvalue weighted by Crippen LogP contribution is -2.53. The normalized spacial score (nSPS) is 18.4. The van der Waals surface area contributed by atoms with Crippen molar-refractivity contribution < 1.29 is 19.5 Å². The van der Waals surface area contributed by atoms with Crippen LogP contribution in [0.25, 0.3) is 0 Å². The number of benzene rings is 1. The molecule has 0 saturated carbocycles.